The SMILES string of the molecule is C=CCN(C(=O)CCl)C1=C(C)CC(C)(C)C1. The molecule has 90 valence electrons. The minimum atomic E-state index is -0.0337. The maximum atomic E-state index is 11.8. The van der Waals surface area contributed by atoms with E-state index in [1.165, 1.54) is 5.57 Å². The lowest BCUT2D eigenvalue weighted by Crippen LogP contribution is -2.32. The maximum Gasteiger partial charge on any atom is 0.241 e. The number of carbonyl (C=O) groups excluding carboxylic acids is 1. The summed E-state index contributed by atoms with van der Waals surface area (Å²) < 4.78 is 0. The molecule has 0 N–H and O–H groups in total. The largest absolute Gasteiger partial charge is 0.311 e. The Kier molecular flexibility index (Phi) is 4.20. The first-order chi connectivity index (χ1) is 7.41. The Balaban J connectivity index is 2.91. The second-order valence-corrected chi connectivity index (χ2v) is 5.44. The molecule has 0 radical (unpaired) electrons. The summed E-state index contributed by atoms with van der Waals surface area (Å²) in [5, 5.41) is 0. The van der Waals surface area contributed by atoms with Crippen molar-refractivity contribution in [3.8, 4) is 0 Å². The molecule has 0 heterocycles. The van der Waals surface area contributed by atoms with Crippen LogP contribution < -0.4 is 0 Å². The third kappa shape index (κ3) is 2.88. The van der Waals surface area contributed by atoms with E-state index >= 15 is 0 Å². The van der Waals surface area contributed by atoms with Crippen LogP contribution in [-0.4, -0.2) is 23.2 Å². The lowest BCUT2D eigenvalue weighted by molar-refractivity contribution is -0.126. The zero-order valence-corrected chi connectivity index (χ0v) is 11.1. The fourth-order valence-electron chi connectivity index (χ4n) is 2.38. The Morgan fingerprint density at radius 3 is 2.56 bits per heavy atom. The van der Waals surface area contributed by atoms with Gasteiger partial charge in [0.25, 0.3) is 0 Å². The van der Waals surface area contributed by atoms with E-state index in [9.17, 15) is 4.79 Å². The van der Waals surface area contributed by atoms with Crippen LogP contribution in [0.4, 0.5) is 0 Å². The zero-order valence-electron chi connectivity index (χ0n) is 10.3. The van der Waals surface area contributed by atoms with Gasteiger partial charge in [0.1, 0.15) is 5.88 Å². The molecule has 1 aliphatic rings. The molecule has 1 rings (SSSR count). The molecule has 2 nitrogen and oxygen atoms in total. The number of nitrogens with zero attached hydrogens (tertiary/aromatic N) is 1. The smallest absolute Gasteiger partial charge is 0.241 e. The number of alkyl halides is 1. The quantitative estimate of drug-likeness (QED) is 0.546. The van der Waals surface area contributed by atoms with Crippen LogP contribution in [0.5, 0.6) is 0 Å². The normalized spacial score (nSPS) is 18.8. The first-order valence-electron chi connectivity index (χ1n) is 5.57. The molecule has 0 unspecified atom stereocenters. The van der Waals surface area contributed by atoms with Gasteiger partial charge in [-0.25, -0.2) is 0 Å². The van der Waals surface area contributed by atoms with Gasteiger partial charge in [-0.1, -0.05) is 25.5 Å². The number of halogens is 1. The average molecular weight is 242 g/mol. The molecular formula is C13H20ClNO. The Morgan fingerprint density at radius 1 is 1.56 bits per heavy atom. The summed E-state index contributed by atoms with van der Waals surface area (Å²) in [6.45, 7) is 10.8. The van der Waals surface area contributed by atoms with Gasteiger partial charge in [0, 0.05) is 12.2 Å². The summed E-state index contributed by atoms with van der Waals surface area (Å²) in [4.78, 5) is 13.5. The molecular weight excluding hydrogens is 222 g/mol. The lowest BCUT2D eigenvalue weighted by atomic mass is 9.89. The van der Waals surface area contributed by atoms with Gasteiger partial charge in [0.2, 0.25) is 5.91 Å². The van der Waals surface area contributed by atoms with Crippen LogP contribution in [0, 0.1) is 5.41 Å². The van der Waals surface area contributed by atoms with E-state index in [1.54, 1.807) is 11.0 Å². The van der Waals surface area contributed by atoms with Crippen molar-refractivity contribution >= 4 is 17.5 Å². The molecule has 0 aromatic heterocycles. The van der Waals surface area contributed by atoms with Gasteiger partial charge >= 0.3 is 0 Å². The van der Waals surface area contributed by atoms with Gasteiger partial charge < -0.3 is 4.90 Å². The van der Waals surface area contributed by atoms with Gasteiger partial charge in [-0.2, -0.15) is 0 Å². The standard InChI is InChI=1S/C13H20ClNO/c1-5-6-15(12(16)9-14)11-8-13(3,4)7-10(11)2/h5H,1,6-9H2,2-4H3. The van der Waals surface area contributed by atoms with E-state index in [-0.39, 0.29) is 17.2 Å². The van der Waals surface area contributed by atoms with Crippen molar-refractivity contribution < 1.29 is 4.79 Å². The third-order valence-corrected chi connectivity index (χ3v) is 3.16. The molecule has 0 saturated heterocycles. The predicted molar refractivity (Wildman–Crippen MR) is 68.3 cm³/mol. The summed E-state index contributed by atoms with van der Waals surface area (Å²) in [6.07, 6.45) is 3.73. The molecule has 0 aromatic carbocycles. The van der Waals surface area contributed by atoms with Gasteiger partial charge in [-0.05, 0) is 25.2 Å². The van der Waals surface area contributed by atoms with Crippen molar-refractivity contribution in [2.24, 2.45) is 5.41 Å². The predicted octanol–water partition coefficient (Wildman–Crippen LogP) is 3.33. The second-order valence-electron chi connectivity index (χ2n) is 5.17. The highest BCUT2D eigenvalue weighted by Gasteiger charge is 2.32. The minimum Gasteiger partial charge on any atom is -0.311 e. The van der Waals surface area contributed by atoms with Crippen LogP contribution in [0.3, 0.4) is 0 Å². The Hall–Kier alpha value is -0.760. The summed E-state index contributed by atoms with van der Waals surface area (Å²) in [5.41, 5.74) is 2.69. The Bertz CT molecular complexity index is 331. The first-order valence-corrected chi connectivity index (χ1v) is 6.10. The fourth-order valence-corrected chi connectivity index (χ4v) is 2.52. The molecule has 0 aliphatic heterocycles. The fraction of sp³-hybridized carbons (Fsp3) is 0.615. The third-order valence-electron chi connectivity index (χ3n) is 2.94. The van der Waals surface area contributed by atoms with E-state index in [0.717, 1.165) is 18.5 Å². The second kappa shape index (κ2) is 5.05. The molecule has 0 saturated carbocycles. The minimum absolute atomic E-state index is 0.0328. The Labute approximate surface area is 103 Å². The molecule has 1 aliphatic carbocycles. The lowest BCUT2D eigenvalue weighted by Gasteiger charge is -2.25. The molecule has 0 atom stereocenters. The average Bonchev–Trinajstić information content (AvgIpc) is 2.47. The number of hydrogen-bond acceptors (Lipinski definition) is 1. The van der Waals surface area contributed by atoms with Crippen molar-refractivity contribution in [2.45, 2.75) is 33.6 Å². The molecule has 0 spiro atoms. The number of rotatable bonds is 4. The van der Waals surface area contributed by atoms with Crippen molar-refractivity contribution in [3.63, 3.8) is 0 Å². The highest BCUT2D eigenvalue weighted by atomic mass is 35.5. The van der Waals surface area contributed by atoms with Crippen molar-refractivity contribution in [2.75, 3.05) is 12.4 Å². The zero-order chi connectivity index (χ0) is 12.3. The number of allylic oxidation sites excluding steroid dienone is 2. The number of hydrogen-bond donors (Lipinski definition) is 0. The van der Waals surface area contributed by atoms with Crippen LogP contribution in [0.25, 0.3) is 0 Å². The van der Waals surface area contributed by atoms with E-state index < -0.39 is 0 Å². The summed E-state index contributed by atoms with van der Waals surface area (Å²) in [7, 11) is 0. The van der Waals surface area contributed by atoms with Gasteiger partial charge in [-0.15, -0.1) is 18.2 Å². The van der Waals surface area contributed by atoms with Crippen molar-refractivity contribution in [3.05, 3.63) is 23.9 Å². The van der Waals surface area contributed by atoms with Crippen molar-refractivity contribution in [1.82, 2.24) is 4.90 Å². The molecule has 1 amide bonds. The summed E-state index contributed by atoms with van der Waals surface area (Å²) in [5.74, 6) is -0.000902. The number of amides is 1. The van der Waals surface area contributed by atoms with E-state index in [4.69, 9.17) is 11.6 Å². The van der Waals surface area contributed by atoms with Crippen molar-refractivity contribution in [1.29, 1.82) is 0 Å². The monoisotopic (exact) mass is 241 g/mol. The highest BCUT2D eigenvalue weighted by Crippen LogP contribution is 2.42. The van der Waals surface area contributed by atoms with Crippen LogP contribution in [0.2, 0.25) is 0 Å². The van der Waals surface area contributed by atoms with Gasteiger partial charge in [0.15, 0.2) is 0 Å². The highest BCUT2D eigenvalue weighted by molar-refractivity contribution is 6.27. The van der Waals surface area contributed by atoms with Gasteiger partial charge in [-0.3, -0.25) is 4.79 Å². The number of carbonyl (C=O) groups is 1. The van der Waals surface area contributed by atoms with Crippen LogP contribution in [0.1, 0.15) is 33.6 Å². The maximum absolute atomic E-state index is 11.8. The molecule has 0 fully saturated rings. The first kappa shape index (κ1) is 13.3. The van der Waals surface area contributed by atoms with E-state index in [1.807, 2.05) is 0 Å². The van der Waals surface area contributed by atoms with E-state index in [2.05, 4.69) is 27.4 Å². The summed E-state index contributed by atoms with van der Waals surface area (Å²) in [6, 6.07) is 0. The molecule has 0 bridgehead atoms. The summed E-state index contributed by atoms with van der Waals surface area (Å²) >= 11 is 5.63. The van der Waals surface area contributed by atoms with Crippen LogP contribution in [0.15, 0.2) is 23.9 Å². The molecule has 3 heteroatoms. The topological polar surface area (TPSA) is 20.3 Å². The Morgan fingerprint density at radius 2 is 2.19 bits per heavy atom. The molecule has 0 aromatic rings. The van der Waals surface area contributed by atoms with Crippen LogP contribution >= 0.6 is 11.6 Å². The molecule has 16 heavy (non-hydrogen) atoms. The van der Waals surface area contributed by atoms with Crippen LogP contribution in [-0.2, 0) is 4.79 Å². The van der Waals surface area contributed by atoms with Gasteiger partial charge in [0.05, 0.1) is 0 Å². The van der Waals surface area contributed by atoms with E-state index in [0.29, 0.717) is 6.54 Å².